The van der Waals surface area contributed by atoms with Gasteiger partial charge >= 0.3 is 11.9 Å². The number of carbonyl (C=O) groups excluding carboxylic acids is 2. The molecule has 0 aliphatic carbocycles. The molecule has 2 heterocycles. The lowest BCUT2D eigenvalue weighted by Crippen LogP contribution is -2.14. The number of alkyl halides is 2. The van der Waals surface area contributed by atoms with Crippen molar-refractivity contribution in [2.45, 2.75) is 11.4 Å². The predicted molar refractivity (Wildman–Crippen MR) is 153 cm³/mol. The third kappa shape index (κ3) is 3.93. The molecule has 1 unspecified atom stereocenters. The van der Waals surface area contributed by atoms with Gasteiger partial charge in [-0.1, -0.05) is 63.7 Å². The van der Waals surface area contributed by atoms with Crippen LogP contribution >= 0.6 is 63.7 Å². The molecule has 0 aliphatic heterocycles. The molecular weight excluding hydrogens is 712 g/mol. The van der Waals surface area contributed by atoms with Crippen LogP contribution in [0, 0.1) is 0 Å². The molecule has 0 spiro atoms. The van der Waals surface area contributed by atoms with E-state index in [1.807, 2.05) is 36.4 Å². The fourth-order valence-electron chi connectivity index (χ4n) is 4.74. The Hall–Kier alpha value is -1.88. The molecule has 0 saturated heterocycles. The van der Waals surface area contributed by atoms with Crippen molar-refractivity contribution in [3.05, 3.63) is 56.5 Å². The van der Waals surface area contributed by atoms with E-state index in [0.29, 0.717) is 17.3 Å². The highest BCUT2D eigenvalue weighted by Gasteiger charge is 2.32. The van der Waals surface area contributed by atoms with E-state index < -0.39 is 11.9 Å². The second kappa shape index (κ2) is 9.53. The molecule has 3 aromatic carbocycles. The molecule has 2 aromatic heterocycles. The Bertz CT molecular complexity index is 1670. The van der Waals surface area contributed by atoms with Gasteiger partial charge in [0.15, 0.2) is 0 Å². The molecule has 10 heteroatoms. The highest BCUT2D eigenvalue weighted by Crippen LogP contribution is 2.44. The molecule has 1 atom stereocenters. The van der Waals surface area contributed by atoms with Crippen molar-refractivity contribution < 1.29 is 19.1 Å². The first-order valence-corrected chi connectivity index (χ1v) is 14.2. The van der Waals surface area contributed by atoms with Crippen LogP contribution in [-0.4, -0.2) is 45.9 Å². The molecule has 5 aromatic rings. The molecule has 0 amide bonds. The van der Waals surface area contributed by atoms with Crippen LogP contribution in [-0.2, 0) is 16.0 Å². The van der Waals surface area contributed by atoms with Crippen LogP contribution in [0.4, 0.5) is 0 Å². The number of rotatable bonds is 5. The Balaban J connectivity index is 2.16. The van der Waals surface area contributed by atoms with E-state index in [1.165, 1.54) is 14.2 Å². The Morgan fingerprint density at radius 1 is 0.943 bits per heavy atom. The average molecular weight is 730 g/mol. The van der Waals surface area contributed by atoms with Gasteiger partial charge in [-0.3, -0.25) is 0 Å². The van der Waals surface area contributed by atoms with Crippen molar-refractivity contribution in [3.8, 4) is 0 Å². The summed E-state index contributed by atoms with van der Waals surface area (Å²) in [5.41, 5.74) is 3.71. The fourth-order valence-corrected chi connectivity index (χ4v) is 5.96. The number of hydrogen-bond donors (Lipinski definition) is 1. The molecule has 5 rings (SSSR count). The Morgan fingerprint density at radius 3 is 2.17 bits per heavy atom. The van der Waals surface area contributed by atoms with Crippen LogP contribution < -0.4 is 0 Å². The number of aromatic nitrogens is 2. The van der Waals surface area contributed by atoms with Gasteiger partial charge in [-0.15, -0.1) is 0 Å². The molecule has 0 radical (unpaired) electrons. The first-order valence-electron chi connectivity index (χ1n) is 10.6. The molecule has 0 saturated carbocycles. The molecule has 0 bridgehead atoms. The van der Waals surface area contributed by atoms with Crippen molar-refractivity contribution in [2.75, 3.05) is 19.5 Å². The quantitative estimate of drug-likeness (QED) is 0.149. The van der Waals surface area contributed by atoms with Crippen molar-refractivity contribution in [1.82, 2.24) is 9.55 Å². The Kier molecular flexibility index (Phi) is 6.76. The van der Waals surface area contributed by atoms with Gasteiger partial charge in [-0.05, 0) is 36.4 Å². The summed E-state index contributed by atoms with van der Waals surface area (Å²) in [7, 11) is 2.63. The molecular formula is C25H18Br4N2O4. The number of halogens is 4. The smallest absolute Gasteiger partial charge is 0.339 e. The standard InChI is InChI=1S/C25H18Br4N2O4/c1-34-24(32)20-18-14-7-11(27)3-5-16(14)30-22(18)23-19(21(20)25(33)35-2)15-8-12(28)4-6-17(15)31(23)10-13(29)9-26/h3-8,13,30H,9-10H2,1-2H3. The van der Waals surface area contributed by atoms with E-state index >= 15 is 0 Å². The maximum absolute atomic E-state index is 13.4. The van der Waals surface area contributed by atoms with Gasteiger partial charge in [0.2, 0.25) is 0 Å². The largest absolute Gasteiger partial charge is 0.465 e. The third-order valence-electron chi connectivity index (χ3n) is 6.10. The summed E-state index contributed by atoms with van der Waals surface area (Å²) < 4.78 is 14.3. The monoisotopic (exact) mass is 726 g/mol. The zero-order chi connectivity index (χ0) is 25.0. The predicted octanol–water partition coefficient (Wildman–Crippen LogP) is 7.69. The first-order chi connectivity index (χ1) is 16.8. The number of nitrogens with one attached hydrogen (secondary N) is 1. The molecule has 6 nitrogen and oxygen atoms in total. The number of methoxy groups -OCH3 is 2. The number of esters is 2. The van der Waals surface area contributed by atoms with Crippen LogP contribution in [0.25, 0.3) is 43.6 Å². The van der Waals surface area contributed by atoms with Crippen LogP contribution in [0.5, 0.6) is 0 Å². The van der Waals surface area contributed by atoms with Crippen LogP contribution in [0.3, 0.4) is 0 Å². The molecule has 35 heavy (non-hydrogen) atoms. The summed E-state index contributed by atoms with van der Waals surface area (Å²) in [5, 5.41) is 3.62. The lowest BCUT2D eigenvalue weighted by Gasteiger charge is -2.14. The number of carbonyl (C=O) groups is 2. The van der Waals surface area contributed by atoms with Gasteiger partial charge in [0.25, 0.3) is 0 Å². The molecule has 0 fully saturated rings. The number of aromatic amines is 1. The van der Waals surface area contributed by atoms with Gasteiger partial charge in [0, 0.05) is 58.2 Å². The van der Waals surface area contributed by atoms with Crippen molar-refractivity contribution in [3.63, 3.8) is 0 Å². The lowest BCUT2D eigenvalue weighted by molar-refractivity contribution is 0.0559. The minimum absolute atomic E-state index is 0.125. The third-order valence-corrected chi connectivity index (χ3v) is 9.35. The Morgan fingerprint density at radius 2 is 1.54 bits per heavy atom. The second-order valence-corrected chi connectivity index (χ2v) is 11.8. The Labute approximate surface area is 233 Å². The number of ether oxygens (including phenoxy) is 2. The molecule has 1 N–H and O–H groups in total. The lowest BCUT2D eigenvalue weighted by atomic mass is 9.95. The van der Waals surface area contributed by atoms with Gasteiger partial charge in [0.05, 0.1) is 36.4 Å². The number of fused-ring (bicyclic) bond motifs is 7. The minimum Gasteiger partial charge on any atom is -0.465 e. The van der Waals surface area contributed by atoms with Gasteiger partial charge in [0.1, 0.15) is 0 Å². The SMILES string of the molecule is COC(=O)c1c(C(=O)OC)c2c3cc(Br)ccc3n(CC(Br)CBr)c2c2[nH]c3ccc(Br)cc3c12. The zero-order valence-electron chi connectivity index (χ0n) is 18.5. The maximum atomic E-state index is 13.4. The van der Waals surface area contributed by atoms with Crippen LogP contribution in [0.15, 0.2) is 45.3 Å². The van der Waals surface area contributed by atoms with Crippen molar-refractivity contribution in [1.29, 1.82) is 0 Å². The number of benzene rings is 3. The van der Waals surface area contributed by atoms with Gasteiger partial charge < -0.3 is 19.0 Å². The summed E-state index contributed by atoms with van der Waals surface area (Å²) in [6, 6.07) is 11.7. The highest BCUT2D eigenvalue weighted by molar-refractivity contribution is 9.12. The van der Waals surface area contributed by atoms with Gasteiger partial charge in [-0.25, -0.2) is 9.59 Å². The summed E-state index contributed by atoms with van der Waals surface area (Å²) in [5.74, 6) is -1.20. The zero-order valence-corrected chi connectivity index (χ0v) is 24.9. The second-order valence-electron chi connectivity index (χ2n) is 8.05. The van der Waals surface area contributed by atoms with E-state index in [4.69, 9.17) is 9.47 Å². The normalized spacial score (nSPS) is 12.6. The number of nitrogens with zero attached hydrogens (tertiary/aromatic N) is 1. The summed E-state index contributed by atoms with van der Waals surface area (Å²) >= 11 is 14.4. The van der Waals surface area contributed by atoms with Crippen molar-refractivity contribution >= 4 is 119 Å². The summed E-state index contributed by atoms with van der Waals surface area (Å²) in [6.07, 6.45) is 0. The molecule has 180 valence electrons. The minimum atomic E-state index is -0.604. The first kappa shape index (κ1) is 24.8. The van der Waals surface area contributed by atoms with E-state index in [-0.39, 0.29) is 16.0 Å². The van der Waals surface area contributed by atoms with Crippen LogP contribution in [0.1, 0.15) is 20.7 Å². The highest BCUT2D eigenvalue weighted by atomic mass is 79.9. The van der Waals surface area contributed by atoms with E-state index in [9.17, 15) is 9.59 Å². The van der Waals surface area contributed by atoms with Crippen molar-refractivity contribution in [2.24, 2.45) is 0 Å². The molecule has 0 aliphatic rings. The van der Waals surface area contributed by atoms with Crippen LogP contribution in [0.2, 0.25) is 0 Å². The average Bonchev–Trinajstić information content (AvgIpc) is 3.37. The van der Waals surface area contributed by atoms with E-state index in [0.717, 1.165) is 47.1 Å². The topological polar surface area (TPSA) is 73.3 Å². The summed E-state index contributed by atoms with van der Waals surface area (Å²) in [4.78, 5) is 30.3. The number of H-pyrrole nitrogens is 1. The van der Waals surface area contributed by atoms with E-state index in [2.05, 4.69) is 73.3 Å². The fraction of sp³-hybridized carbons (Fsp3) is 0.200. The van der Waals surface area contributed by atoms with Gasteiger partial charge in [-0.2, -0.15) is 0 Å². The number of hydrogen-bond acceptors (Lipinski definition) is 4. The maximum Gasteiger partial charge on any atom is 0.339 e. The summed E-state index contributed by atoms with van der Waals surface area (Å²) in [6.45, 7) is 0.624. The van der Waals surface area contributed by atoms with E-state index in [1.54, 1.807) is 0 Å².